The number of rotatable bonds is 7. The largest absolute Gasteiger partial charge is 0.496 e. The second-order valence-electron chi connectivity index (χ2n) is 9.84. The number of fused-ring (bicyclic) bond motifs is 4. The zero-order chi connectivity index (χ0) is 27.1. The van der Waals surface area contributed by atoms with Crippen molar-refractivity contribution >= 4 is 22.7 Å². The maximum atomic E-state index is 14.1. The van der Waals surface area contributed by atoms with Gasteiger partial charge in [0.15, 0.2) is 11.5 Å². The third-order valence-corrected chi connectivity index (χ3v) is 7.70. The molecule has 3 heterocycles. The van der Waals surface area contributed by atoms with Gasteiger partial charge in [0.25, 0.3) is 0 Å². The minimum Gasteiger partial charge on any atom is -0.496 e. The standard InChI is InChI=1S/C31H31N3O5/c1-4-39-26-14-13-19(15-27(26)38-3)30-29-22(21-10-6-7-11-23(21)32-29)16-24-31(36)33(18-28(35)34(24)30)17-20-9-5-8-12-25(20)37-2/h5-15,24,30,32H,4,16-18H2,1-3H3/t24-,30?/m0/s1. The number of para-hydroxylation sites is 2. The van der Waals surface area contributed by atoms with Gasteiger partial charge in [-0.05, 0) is 42.3 Å². The number of nitrogens with zero attached hydrogens (tertiary/aromatic N) is 2. The summed E-state index contributed by atoms with van der Waals surface area (Å²) >= 11 is 0. The molecule has 1 fully saturated rings. The molecule has 0 radical (unpaired) electrons. The van der Waals surface area contributed by atoms with Gasteiger partial charge in [-0.1, -0.05) is 42.5 Å². The molecule has 0 bridgehead atoms. The number of ether oxygens (including phenoxy) is 3. The predicted molar refractivity (Wildman–Crippen MR) is 147 cm³/mol. The van der Waals surface area contributed by atoms with Crippen LogP contribution in [-0.2, 0) is 22.6 Å². The highest BCUT2D eigenvalue weighted by Gasteiger charge is 2.48. The van der Waals surface area contributed by atoms with Crippen LogP contribution in [0.4, 0.5) is 0 Å². The van der Waals surface area contributed by atoms with E-state index < -0.39 is 12.1 Å². The molecule has 1 unspecified atom stereocenters. The molecule has 2 atom stereocenters. The van der Waals surface area contributed by atoms with Gasteiger partial charge in [-0.3, -0.25) is 9.59 Å². The van der Waals surface area contributed by atoms with Crippen LogP contribution in [0.1, 0.15) is 35.3 Å². The molecule has 2 amide bonds. The molecule has 6 rings (SSSR count). The summed E-state index contributed by atoms with van der Waals surface area (Å²) in [6.07, 6.45) is 0.441. The lowest BCUT2D eigenvalue weighted by molar-refractivity contribution is -0.159. The molecule has 3 aromatic carbocycles. The van der Waals surface area contributed by atoms with Gasteiger partial charge in [0.2, 0.25) is 11.8 Å². The van der Waals surface area contributed by atoms with Crippen molar-refractivity contribution in [3.8, 4) is 17.2 Å². The summed E-state index contributed by atoms with van der Waals surface area (Å²) in [7, 11) is 3.21. The third-order valence-electron chi connectivity index (χ3n) is 7.70. The van der Waals surface area contributed by atoms with E-state index in [0.29, 0.717) is 36.8 Å². The van der Waals surface area contributed by atoms with Crippen molar-refractivity contribution in [1.29, 1.82) is 0 Å². The van der Waals surface area contributed by atoms with E-state index in [-0.39, 0.29) is 18.4 Å². The first-order valence-corrected chi connectivity index (χ1v) is 13.2. The zero-order valence-corrected chi connectivity index (χ0v) is 22.3. The number of carbonyl (C=O) groups is 2. The molecular formula is C31H31N3O5. The number of aromatic nitrogens is 1. The SMILES string of the molecule is CCOc1ccc(C2c3[nH]c4ccccc4c3C[C@H]3C(=O)N(Cc4ccccc4OC)CC(=O)N23)cc1OC. The Morgan fingerprint density at radius 3 is 2.49 bits per heavy atom. The number of methoxy groups -OCH3 is 2. The number of aromatic amines is 1. The molecule has 2 aliphatic rings. The zero-order valence-electron chi connectivity index (χ0n) is 22.3. The van der Waals surface area contributed by atoms with E-state index >= 15 is 0 Å². The number of hydrogen-bond acceptors (Lipinski definition) is 5. The number of carbonyl (C=O) groups excluding carboxylic acids is 2. The van der Waals surface area contributed by atoms with E-state index in [1.165, 1.54) is 0 Å². The Balaban J connectivity index is 1.45. The van der Waals surface area contributed by atoms with E-state index in [1.807, 2.05) is 67.6 Å². The van der Waals surface area contributed by atoms with E-state index in [2.05, 4.69) is 11.1 Å². The molecule has 0 aliphatic carbocycles. The van der Waals surface area contributed by atoms with Gasteiger partial charge >= 0.3 is 0 Å². The van der Waals surface area contributed by atoms with Crippen molar-refractivity contribution in [3.63, 3.8) is 0 Å². The lowest BCUT2D eigenvalue weighted by atomic mass is 9.86. The minimum atomic E-state index is -0.629. The van der Waals surface area contributed by atoms with Crippen molar-refractivity contribution < 1.29 is 23.8 Å². The lowest BCUT2D eigenvalue weighted by Crippen LogP contribution is -2.62. The molecule has 0 saturated carbocycles. The van der Waals surface area contributed by atoms with Gasteiger partial charge in [-0.15, -0.1) is 0 Å². The van der Waals surface area contributed by atoms with Gasteiger partial charge in [-0.25, -0.2) is 0 Å². The second kappa shape index (κ2) is 10.0. The Bertz CT molecular complexity index is 1560. The highest BCUT2D eigenvalue weighted by molar-refractivity contribution is 5.97. The molecule has 39 heavy (non-hydrogen) atoms. The van der Waals surface area contributed by atoms with Crippen LogP contribution in [0.25, 0.3) is 10.9 Å². The maximum Gasteiger partial charge on any atom is 0.246 e. The fourth-order valence-corrected chi connectivity index (χ4v) is 5.97. The molecule has 1 saturated heterocycles. The van der Waals surface area contributed by atoms with Crippen LogP contribution in [-0.4, -0.2) is 60.0 Å². The first kappa shape index (κ1) is 24.9. The molecule has 1 N–H and O–H groups in total. The van der Waals surface area contributed by atoms with E-state index in [4.69, 9.17) is 14.2 Å². The Labute approximate surface area is 227 Å². The minimum absolute atomic E-state index is 0.00634. The first-order chi connectivity index (χ1) is 19.0. The van der Waals surface area contributed by atoms with Gasteiger partial charge in [0, 0.05) is 35.1 Å². The van der Waals surface area contributed by atoms with Crippen LogP contribution in [0.5, 0.6) is 17.2 Å². The lowest BCUT2D eigenvalue weighted by Gasteiger charge is -2.47. The summed E-state index contributed by atoms with van der Waals surface area (Å²) in [5.74, 6) is 1.75. The number of piperazine rings is 1. The van der Waals surface area contributed by atoms with Gasteiger partial charge in [0.05, 0.1) is 26.9 Å². The molecule has 8 nitrogen and oxygen atoms in total. The maximum absolute atomic E-state index is 14.1. The Morgan fingerprint density at radius 2 is 1.69 bits per heavy atom. The van der Waals surface area contributed by atoms with E-state index in [9.17, 15) is 9.59 Å². The number of H-pyrrole nitrogens is 1. The van der Waals surface area contributed by atoms with Crippen LogP contribution >= 0.6 is 0 Å². The molecule has 200 valence electrons. The van der Waals surface area contributed by atoms with Gasteiger partial charge in [-0.2, -0.15) is 0 Å². The number of amides is 2. The summed E-state index contributed by atoms with van der Waals surface area (Å²) in [6.45, 7) is 2.73. The van der Waals surface area contributed by atoms with Crippen LogP contribution in [0, 0.1) is 0 Å². The fourth-order valence-electron chi connectivity index (χ4n) is 5.97. The second-order valence-corrected chi connectivity index (χ2v) is 9.84. The molecular weight excluding hydrogens is 494 g/mol. The number of hydrogen-bond donors (Lipinski definition) is 1. The van der Waals surface area contributed by atoms with Crippen molar-refractivity contribution in [2.24, 2.45) is 0 Å². The van der Waals surface area contributed by atoms with Crippen molar-refractivity contribution in [3.05, 3.63) is 89.1 Å². The quantitative estimate of drug-likeness (QED) is 0.385. The van der Waals surface area contributed by atoms with Crippen molar-refractivity contribution in [1.82, 2.24) is 14.8 Å². The number of benzene rings is 3. The normalized spacial score (nSPS) is 18.6. The first-order valence-electron chi connectivity index (χ1n) is 13.2. The summed E-state index contributed by atoms with van der Waals surface area (Å²) < 4.78 is 16.9. The molecule has 4 aromatic rings. The van der Waals surface area contributed by atoms with E-state index in [0.717, 1.165) is 33.3 Å². The van der Waals surface area contributed by atoms with E-state index in [1.54, 1.807) is 24.0 Å². The topological polar surface area (TPSA) is 84.1 Å². The Hall–Kier alpha value is -4.46. The van der Waals surface area contributed by atoms with Gasteiger partial charge < -0.3 is 29.0 Å². The van der Waals surface area contributed by atoms with Crippen LogP contribution in [0.15, 0.2) is 66.7 Å². The average molecular weight is 526 g/mol. The van der Waals surface area contributed by atoms with Crippen LogP contribution < -0.4 is 14.2 Å². The molecule has 8 heteroatoms. The molecule has 1 aromatic heterocycles. The summed E-state index contributed by atoms with van der Waals surface area (Å²) in [5, 5.41) is 1.07. The summed E-state index contributed by atoms with van der Waals surface area (Å²) in [4.78, 5) is 34.9. The summed E-state index contributed by atoms with van der Waals surface area (Å²) in [6, 6.07) is 20.3. The molecule has 0 spiro atoms. The number of nitrogens with one attached hydrogen (secondary N) is 1. The Morgan fingerprint density at radius 1 is 0.923 bits per heavy atom. The fraction of sp³-hybridized carbons (Fsp3) is 0.290. The van der Waals surface area contributed by atoms with Crippen molar-refractivity contribution in [2.45, 2.75) is 32.0 Å². The summed E-state index contributed by atoms with van der Waals surface area (Å²) in [5.41, 5.74) is 4.69. The third kappa shape index (κ3) is 4.16. The monoisotopic (exact) mass is 525 g/mol. The van der Waals surface area contributed by atoms with Crippen LogP contribution in [0.3, 0.4) is 0 Å². The highest BCUT2D eigenvalue weighted by atomic mass is 16.5. The van der Waals surface area contributed by atoms with Crippen molar-refractivity contribution in [2.75, 3.05) is 27.4 Å². The average Bonchev–Trinajstić information content (AvgIpc) is 3.34. The van der Waals surface area contributed by atoms with Crippen LogP contribution in [0.2, 0.25) is 0 Å². The molecule has 2 aliphatic heterocycles. The highest BCUT2D eigenvalue weighted by Crippen LogP contribution is 2.44. The smallest absolute Gasteiger partial charge is 0.246 e. The predicted octanol–water partition coefficient (Wildman–Crippen LogP) is 4.47. The van der Waals surface area contributed by atoms with Gasteiger partial charge in [0.1, 0.15) is 18.3 Å². The Kier molecular flexibility index (Phi) is 6.38.